The summed E-state index contributed by atoms with van der Waals surface area (Å²) < 4.78 is 11.4. The summed E-state index contributed by atoms with van der Waals surface area (Å²) in [5.74, 6) is 2.14. The molecule has 1 N–H and O–H groups in total. The zero-order chi connectivity index (χ0) is 24.5. The molecular weight excluding hydrogens is 424 g/mol. The van der Waals surface area contributed by atoms with Gasteiger partial charge in [-0.05, 0) is 107 Å². The lowest BCUT2D eigenvalue weighted by Gasteiger charge is -2.30. The molecule has 180 valence electrons. The molecule has 0 atom stereocenters. The Labute approximate surface area is 203 Å². The number of hydrogen-bond donors (Lipinski definition) is 1. The van der Waals surface area contributed by atoms with Crippen molar-refractivity contribution >= 4 is 11.6 Å². The van der Waals surface area contributed by atoms with Crippen LogP contribution in [0.4, 0.5) is 5.69 Å². The number of hydrogen-bond acceptors (Lipinski definition) is 4. The molecule has 0 spiro atoms. The molecule has 0 aliphatic heterocycles. The van der Waals surface area contributed by atoms with E-state index >= 15 is 0 Å². The molecule has 0 fully saturated rings. The molecule has 5 heteroatoms. The quantitative estimate of drug-likeness (QED) is 0.342. The van der Waals surface area contributed by atoms with Crippen LogP contribution in [0.3, 0.4) is 0 Å². The van der Waals surface area contributed by atoms with Crippen molar-refractivity contribution in [3.63, 3.8) is 0 Å². The SMILES string of the molecule is COc1ccc(NC(=O)c2ccc(Oc3ccccc3)cc2)cc1CCCN(C(C)C)C(C)C. The van der Waals surface area contributed by atoms with Crippen molar-refractivity contribution < 1.29 is 14.3 Å². The molecule has 0 saturated carbocycles. The minimum atomic E-state index is -0.159. The van der Waals surface area contributed by atoms with E-state index in [4.69, 9.17) is 9.47 Å². The lowest BCUT2D eigenvalue weighted by atomic mass is 10.1. The van der Waals surface area contributed by atoms with E-state index in [2.05, 4.69) is 37.9 Å². The Morgan fingerprint density at radius 1 is 0.882 bits per heavy atom. The zero-order valence-electron chi connectivity index (χ0n) is 20.9. The van der Waals surface area contributed by atoms with Gasteiger partial charge in [-0.25, -0.2) is 0 Å². The van der Waals surface area contributed by atoms with Crippen LogP contribution in [0.25, 0.3) is 0 Å². The number of carbonyl (C=O) groups excluding carboxylic acids is 1. The zero-order valence-corrected chi connectivity index (χ0v) is 20.9. The first-order valence-electron chi connectivity index (χ1n) is 11.9. The summed E-state index contributed by atoms with van der Waals surface area (Å²) >= 11 is 0. The second-order valence-corrected chi connectivity index (χ2v) is 8.95. The fraction of sp³-hybridized carbons (Fsp3) is 0.345. The van der Waals surface area contributed by atoms with Gasteiger partial charge >= 0.3 is 0 Å². The summed E-state index contributed by atoms with van der Waals surface area (Å²) in [4.78, 5) is 15.3. The molecule has 0 heterocycles. The van der Waals surface area contributed by atoms with E-state index in [-0.39, 0.29) is 5.91 Å². The highest BCUT2D eigenvalue weighted by Crippen LogP contribution is 2.26. The molecule has 0 aliphatic rings. The number of para-hydroxylation sites is 1. The third-order valence-corrected chi connectivity index (χ3v) is 5.82. The van der Waals surface area contributed by atoms with Crippen LogP contribution < -0.4 is 14.8 Å². The van der Waals surface area contributed by atoms with Crippen molar-refractivity contribution in [3.8, 4) is 17.2 Å². The Kier molecular flexibility index (Phi) is 9.11. The van der Waals surface area contributed by atoms with Gasteiger partial charge in [-0.15, -0.1) is 0 Å². The summed E-state index contributed by atoms with van der Waals surface area (Å²) in [6, 6.07) is 23.5. The van der Waals surface area contributed by atoms with E-state index in [1.807, 2.05) is 48.5 Å². The molecule has 1 amide bonds. The summed E-state index contributed by atoms with van der Waals surface area (Å²) in [7, 11) is 1.69. The third kappa shape index (κ3) is 7.09. The van der Waals surface area contributed by atoms with Gasteiger partial charge in [0, 0.05) is 23.3 Å². The molecule has 3 aromatic rings. The second kappa shape index (κ2) is 12.2. The summed E-state index contributed by atoms with van der Waals surface area (Å²) in [6.07, 6.45) is 1.90. The summed E-state index contributed by atoms with van der Waals surface area (Å²) in [6.45, 7) is 9.95. The van der Waals surface area contributed by atoms with Crippen LogP contribution in [-0.2, 0) is 6.42 Å². The molecular formula is C29H36N2O3. The molecule has 0 aromatic heterocycles. The van der Waals surface area contributed by atoms with E-state index in [0.29, 0.717) is 23.4 Å². The number of aryl methyl sites for hydroxylation is 1. The predicted molar refractivity (Wildman–Crippen MR) is 139 cm³/mol. The van der Waals surface area contributed by atoms with Crippen LogP contribution in [0.1, 0.15) is 50.0 Å². The Bertz CT molecular complexity index is 1040. The van der Waals surface area contributed by atoms with Crippen LogP contribution in [0.15, 0.2) is 72.8 Å². The highest BCUT2D eigenvalue weighted by Gasteiger charge is 2.14. The van der Waals surface area contributed by atoms with Crippen molar-refractivity contribution in [3.05, 3.63) is 83.9 Å². The Morgan fingerprint density at radius 2 is 1.53 bits per heavy atom. The van der Waals surface area contributed by atoms with Crippen LogP contribution in [0, 0.1) is 0 Å². The highest BCUT2D eigenvalue weighted by molar-refractivity contribution is 6.04. The summed E-state index contributed by atoms with van der Waals surface area (Å²) in [5.41, 5.74) is 2.43. The Hall–Kier alpha value is -3.31. The maximum Gasteiger partial charge on any atom is 0.255 e. The fourth-order valence-corrected chi connectivity index (χ4v) is 4.12. The van der Waals surface area contributed by atoms with Gasteiger partial charge in [-0.3, -0.25) is 9.69 Å². The molecule has 0 aliphatic carbocycles. The third-order valence-electron chi connectivity index (χ3n) is 5.82. The van der Waals surface area contributed by atoms with Gasteiger partial charge in [0.2, 0.25) is 0 Å². The van der Waals surface area contributed by atoms with Gasteiger partial charge in [0.05, 0.1) is 7.11 Å². The van der Waals surface area contributed by atoms with Gasteiger partial charge < -0.3 is 14.8 Å². The number of amides is 1. The number of rotatable bonds is 11. The van der Waals surface area contributed by atoms with Crippen molar-refractivity contribution in [2.45, 2.75) is 52.6 Å². The van der Waals surface area contributed by atoms with E-state index in [0.717, 1.165) is 42.1 Å². The summed E-state index contributed by atoms with van der Waals surface area (Å²) in [5, 5.41) is 3.01. The van der Waals surface area contributed by atoms with E-state index in [1.54, 1.807) is 31.4 Å². The van der Waals surface area contributed by atoms with Crippen molar-refractivity contribution in [1.29, 1.82) is 0 Å². The minimum Gasteiger partial charge on any atom is -0.496 e. The second-order valence-electron chi connectivity index (χ2n) is 8.95. The average molecular weight is 461 g/mol. The van der Waals surface area contributed by atoms with Gasteiger partial charge in [-0.2, -0.15) is 0 Å². The molecule has 5 nitrogen and oxygen atoms in total. The Morgan fingerprint density at radius 3 is 2.15 bits per heavy atom. The monoisotopic (exact) mass is 460 g/mol. The van der Waals surface area contributed by atoms with Gasteiger partial charge in [0.25, 0.3) is 5.91 Å². The normalized spacial score (nSPS) is 11.2. The van der Waals surface area contributed by atoms with Gasteiger partial charge in [-0.1, -0.05) is 18.2 Å². The first kappa shape index (κ1) is 25.3. The van der Waals surface area contributed by atoms with Crippen molar-refractivity contribution in [2.24, 2.45) is 0 Å². The predicted octanol–water partition coefficient (Wildman–Crippen LogP) is 6.79. The molecule has 3 aromatic carbocycles. The maximum absolute atomic E-state index is 12.8. The number of benzene rings is 3. The lowest BCUT2D eigenvalue weighted by Crippen LogP contribution is -2.37. The lowest BCUT2D eigenvalue weighted by molar-refractivity contribution is 0.102. The van der Waals surface area contributed by atoms with Crippen molar-refractivity contribution in [2.75, 3.05) is 19.0 Å². The van der Waals surface area contributed by atoms with Crippen LogP contribution >= 0.6 is 0 Å². The first-order valence-corrected chi connectivity index (χ1v) is 11.9. The number of nitrogens with zero attached hydrogens (tertiary/aromatic N) is 1. The number of anilines is 1. The smallest absolute Gasteiger partial charge is 0.255 e. The molecule has 0 saturated heterocycles. The minimum absolute atomic E-state index is 0.159. The molecule has 0 bridgehead atoms. The number of carbonyl (C=O) groups is 1. The van der Waals surface area contributed by atoms with E-state index in [9.17, 15) is 4.79 Å². The number of methoxy groups -OCH3 is 1. The number of nitrogens with one attached hydrogen (secondary N) is 1. The Balaban J connectivity index is 1.62. The largest absolute Gasteiger partial charge is 0.496 e. The standard InChI is InChI=1S/C29H36N2O3/c1-21(2)31(22(3)4)19-9-10-24-20-25(15-18-28(24)33-5)30-29(32)23-13-16-27(17-14-23)34-26-11-7-6-8-12-26/h6-8,11-18,20-22H,9-10,19H2,1-5H3,(H,30,32). The molecule has 3 rings (SSSR count). The molecule has 0 unspecified atom stereocenters. The molecule has 34 heavy (non-hydrogen) atoms. The highest BCUT2D eigenvalue weighted by atomic mass is 16.5. The topological polar surface area (TPSA) is 50.8 Å². The van der Waals surface area contributed by atoms with Crippen molar-refractivity contribution in [1.82, 2.24) is 4.90 Å². The van der Waals surface area contributed by atoms with E-state index in [1.165, 1.54) is 0 Å². The van der Waals surface area contributed by atoms with Crippen LogP contribution in [0.2, 0.25) is 0 Å². The molecule has 0 radical (unpaired) electrons. The average Bonchev–Trinajstić information content (AvgIpc) is 2.82. The van der Waals surface area contributed by atoms with Crippen LogP contribution in [0.5, 0.6) is 17.2 Å². The van der Waals surface area contributed by atoms with E-state index < -0.39 is 0 Å². The van der Waals surface area contributed by atoms with Crippen LogP contribution in [-0.4, -0.2) is 36.5 Å². The van der Waals surface area contributed by atoms with Gasteiger partial charge in [0.1, 0.15) is 17.2 Å². The maximum atomic E-state index is 12.8. The number of ether oxygens (including phenoxy) is 2. The fourth-order valence-electron chi connectivity index (χ4n) is 4.12. The van der Waals surface area contributed by atoms with Gasteiger partial charge in [0.15, 0.2) is 0 Å². The first-order chi connectivity index (χ1) is 16.4.